The van der Waals surface area contributed by atoms with E-state index in [1.54, 1.807) is 23.9 Å². The Morgan fingerprint density at radius 1 is 1.38 bits per heavy atom. The van der Waals surface area contributed by atoms with Gasteiger partial charge in [0.05, 0.1) is 5.69 Å². The van der Waals surface area contributed by atoms with Gasteiger partial charge in [0.25, 0.3) is 5.91 Å². The number of aromatic nitrogens is 2. The molecule has 0 aliphatic rings. The van der Waals surface area contributed by atoms with E-state index in [4.69, 9.17) is 5.11 Å². The summed E-state index contributed by atoms with van der Waals surface area (Å²) in [4.78, 5) is 12.3. The van der Waals surface area contributed by atoms with Gasteiger partial charge < -0.3 is 10.4 Å². The number of rotatable bonds is 2. The molecule has 0 atom stereocenters. The zero-order valence-corrected chi connectivity index (χ0v) is 12.3. The fourth-order valence-corrected chi connectivity index (χ4v) is 1.99. The average Bonchev–Trinajstić information content (AvgIpc) is 2.78. The highest BCUT2D eigenvalue weighted by molar-refractivity contribution is 6.03. The van der Waals surface area contributed by atoms with Crippen molar-refractivity contribution in [2.45, 2.75) is 13.8 Å². The first-order valence-electron chi connectivity index (χ1n) is 6.53. The van der Waals surface area contributed by atoms with E-state index in [9.17, 15) is 4.79 Å². The molecule has 0 saturated heterocycles. The van der Waals surface area contributed by atoms with E-state index in [1.807, 2.05) is 26.0 Å². The van der Waals surface area contributed by atoms with Crippen molar-refractivity contribution in [1.82, 2.24) is 9.78 Å². The van der Waals surface area contributed by atoms with E-state index in [2.05, 4.69) is 22.3 Å². The molecule has 21 heavy (non-hydrogen) atoms. The number of carbonyl (C=O) groups is 1. The number of nitrogens with zero attached hydrogens (tertiary/aromatic N) is 2. The summed E-state index contributed by atoms with van der Waals surface area (Å²) in [6, 6.07) is 7.26. The van der Waals surface area contributed by atoms with Crippen LogP contribution in [0.3, 0.4) is 0 Å². The van der Waals surface area contributed by atoms with Gasteiger partial charge in [-0.3, -0.25) is 9.48 Å². The number of nitrogens with one attached hydrogen (secondary N) is 1. The zero-order valence-electron chi connectivity index (χ0n) is 12.3. The second kappa shape index (κ2) is 6.25. The minimum absolute atomic E-state index is 0.191. The molecule has 0 unspecified atom stereocenters. The Kier molecular flexibility index (Phi) is 4.41. The molecule has 108 valence electrons. The lowest BCUT2D eigenvalue weighted by molar-refractivity contribution is 0.101. The van der Waals surface area contributed by atoms with Gasteiger partial charge >= 0.3 is 0 Å². The van der Waals surface area contributed by atoms with Gasteiger partial charge in [0.2, 0.25) is 0 Å². The first-order chi connectivity index (χ1) is 10.0. The predicted octanol–water partition coefficient (Wildman–Crippen LogP) is 1.63. The molecule has 2 rings (SSSR count). The summed E-state index contributed by atoms with van der Waals surface area (Å²) in [5, 5.41) is 15.8. The van der Waals surface area contributed by atoms with E-state index in [1.165, 1.54) is 0 Å². The third kappa shape index (κ3) is 3.50. The van der Waals surface area contributed by atoms with Crippen LogP contribution in [0.25, 0.3) is 0 Å². The van der Waals surface area contributed by atoms with Crippen LogP contribution >= 0.6 is 0 Å². The molecule has 5 heteroatoms. The number of aliphatic hydroxyl groups excluding tert-OH is 1. The average molecular weight is 283 g/mol. The molecule has 0 aliphatic heterocycles. The Morgan fingerprint density at radius 3 is 2.76 bits per heavy atom. The summed E-state index contributed by atoms with van der Waals surface area (Å²) in [6.45, 7) is 3.56. The lowest BCUT2D eigenvalue weighted by atomic mass is 10.1. The lowest BCUT2D eigenvalue weighted by Gasteiger charge is -2.09. The van der Waals surface area contributed by atoms with Gasteiger partial charge in [-0.05, 0) is 37.6 Å². The lowest BCUT2D eigenvalue weighted by Crippen LogP contribution is -2.16. The molecule has 0 saturated carbocycles. The van der Waals surface area contributed by atoms with Crippen molar-refractivity contribution in [1.29, 1.82) is 0 Å². The summed E-state index contributed by atoms with van der Waals surface area (Å²) in [5.74, 6) is 5.19. The Morgan fingerprint density at radius 2 is 2.14 bits per heavy atom. The maximum atomic E-state index is 12.3. The molecule has 0 fully saturated rings. The summed E-state index contributed by atoms with van der Waals surface area (Å²) < 4.78 is 1.55. The molecule has 0 radical (unpaired) electrons. The van der Waals surface area contributed by atoms with Crippen LogP contribution in [0.5, 0.6) is 0 Å². The van der Waals surface area contributed by atoms with Crippen molar-refractivity contribution < 1.29 is 9.90 Å². The molecular weight excluding hydrogens is 266 g/mol. The van der Waals surface area contributed by atoms with Gasteiger partial charge in [0.15, 0.2) is 0 Å². The highest BCUT2D eigenvalue weighted by Crippen LogP contribution is 2.17. The van der Waals surface area contributed by atoms with Gasteiger partial charge in [-0.15, -0.1) is 0 Å². The highest BCUT2D eigenvalue weighted by Gasteiger charge is 2.13. The fraction of sp³-hybridized carbons (Fsp3) is 0.250. The van der Waals surface area contributed by atoms with E-state index in [0.717, 1.165) is 16.8 Å². The van der Waals surface area contributed by atoms with Crippen molar-refractivity contribution in [2.24, 2.45) is 7.05 Å². The number of amides is 1. The quantitative estimate of drug-likeness (QED) is 0.823. The van der Waals surface area contributed by atoms with Gasteiger partial charge in [0, 0.05) is 18.3 Å². The summed E-state index contributed by atoms with van der Waals surface area (Å²) in [5.41, 5.74) is 3.67. The number of hydrogen-bond acceptors (Lipinski definition) is 3. The molecule has 5 nitrogen and oxygen atoms in total. The number of aliphatic hydroxyl groups is 1. The molecule has 2 aromatic rings. The molecule has 1 amide bonds. The van der Waals surface area contributed by atoms with Crippen molar-refractivity contribution in [2.75, 3.05) is 11.9 Å². The summed E-state index contributed by atoms with van der Waals surface area (Å²) >= 11 is 0. The van der Waals surface area contributed by atoms with Gasteiger partial charge in [-0.1, -0.05) is 17.9 Å². The molecule has 1 aromatic carbocycles. The van der Waals surface area contributed by atoms with Crippen LogP contribution in [0, 0.1) is 25.7 Å². The molecule has 0 spiro atoms. The van der Waals surface area contributed by atoms with E-state index < -0.39 is 0 Å². The minimum Gasteiger partial charge on any atom is -0.384 e. The molecule has 0 bridgehead atoms. The summed E-state index contributed by atoms with van der Waals surface area (Å²) in [6.07, 6.45) is 0. The van der Waals surface area contributed by atoms with E-state index in [0.29, 0.717) is 11.4 Å². The van der Waals surface area contributed by atoms with E-state index >= 15 is 0 Å². The number of benzene rings is 1. The van der Waals surface area contributed by atoms with Crippen LogP contribution in [-0.4, -0.2) is 27.4 Å². The van der Waals surface area contributed by atoms with Crippen LogP contribution < -0.4 is 5.32 Å². The SMILES string of the molecule is Cc1cc(C(=O)Nc2cc(C#CCO)ccc2C)n(C)n1. The Bertz CT molecular complexity index is 736. The molecule has 0 aliphatic carbocycles. The highest BCUT2D eigenvalue weighted by atomic mass is 16.2. The van der Waals surface area contributed by atoms with Crippen LogP contribution in [0.15, 0.2) is 24.3 Å². The van der Waals surface area contributed by atoms with Crippen LogP contribution in [-0.2, 0) is 7.05 Å². The van der Waals surface area contributed by atoms with Crippen LogP contribution in [0.1, 0.15) is 27.3 Å². The van der Waals surface area contributed by atoms with E-state index in [-0.39, 0.29) is 12.5 Å². The van der Waals surface area contributed by atoms with Gasteiger partial charge in [-0.25, -0.2) is 0 Å². The Balaban J connectivity index is 2.26. The zero-order chi connectivity index (χ0) is 15.4. The topological polar surface area (TPSA) is 67.2 Å². The number of aryl methyl sites for hydroxylation is 3. The summed E-state index contributed by atoms with van der Waals surface area (Å²) in [7, 11) is 1.73. The molecular formula is C16H17N3O2. The smallest absolute Gasteiger partial charge is 0.273 e. The number of hydrogen-bond donors (Lipinski definition) is 2. The minimum atomic E-state index is -0.214. The van der Waals surface area contributed by atoms with Crippen molar-refractivity contribution in [3.63, 3.8) is 0 Å². The number of anilines is 1. The molecule has 1 heterocycles. The first kappa shape index (κ1) is 14.8. The van der Waals surface area contributed by atoms with Crippen molar-refractivity contribution >= 4 is 11.6 Å². The second-order valence-corrected chi connectivity index (χ2v) is 4.74. The number of carbonyl (C=O) groups excluding carboxylic acids is 1. The van der Waals surface area contributed by atoms with Crippen LogP contribution in [0.4, 0.5) is 5.69 Å². The van der Waals surface area contributed by atoms with Gasteiger partial charge in [0.1, 0.15) is 12.3 Å². The van der Waals surface area contributed by atoms with Crippen molar-refractivity contribution in [3.05, 3.63) is 46.8 Å². The second-order valence-electron chi connectivity index (χ2n) is 4.74. The fourth-order valence-electron chi connectivity index (χ4n) is 1.99. The van der Waals surface area contributed by atoms with Gasteiger partial charge in [-0.2, -0.15) is 5.10 Å². The normalized spacial score (nSPS) is 9.90. The van der Waals surface area contributed by atoms with Crippen molar-refractivity contribution in [3.8, 4) is 11.8 Å². The third-order valence-electron chi connectivity index (χ3n) is 3.03. The predicted molar refractivity (Wildman–Crippen MR) is 81.0 cm³/mol. The Labute approximate surface area is 123 Å². The standard InChI is InChI=1S/C16H17N3O2/c1-11-6-7-13(5-4-8-20)10-14(11)17-16(21)15-9-12(2)18-19(15)3/h6-7,9-10,20H,8H2,1-3H3,(H,17,21). The maximum absolute atomic E-state index is 12.3. The first-order valence-corrected chi connectivity index (χ1v) is 6.53. The molecule has 2 N–H and O–H groups in total. The third-order valence-corrected chi connectivity index (χ3v) is 3.03. The largest absolute Gasteiger partial charge is 0.384 e. The monoisotopic (exact) mass is 283 g/mol. The van der Waals surface area contributed by atoms with Crippen LogP contribution in [0.2, 0.25) is 0 Å². The molecule has 1 aromatic heterocycles. The maximum Gasteiger partial charge on any atom is 0.273 e. The Hall–Kier alpha value is -2.58.